The van der Waals surface area contributed by atoms with Gasteiger partial charge in [-0.15, -0.1) is 0 Å². The fraction of sp³-hybridized carbons (Fsp3) is 0.261. The third-order valence-electron chi connectivity index (χ3n) is 6.45. The zero-order chi connectivity index (χ0) is 22.0. The number of anilines is 2. The first kappa shape index (κ1) is 19.0. The van der Waals surface area contributed by atoms with Crippen molar-refractivity contribution < 1.29 is 8.78 Å². The molecule has 1 aromatic carbocycles. The number of benzene rings is 1. The Balaban J connectivity index is 1.71. The summed E-state index contributed by atoms with van der Waals surface area (Å²) in [5.41, 5.74) is 4.05. The van der Waals surface area contributed by atoms with Crippen LogP contribution >= 0.6 is 0 Å². The molecule has 4 aromatic rings. The van der Waals surface area contributed by atoms with Gasteiger partial charge in [0.25, 0.3) is 0 Å². The van der Waals surface area contributed by atoms with Crippen LogP contribution < -0.4 is 15.5 Å². The highest BCUT2D eigenvalue weighted by atomic mass is 19.2. The Morgan fingerprint density at radius 3 is 2.66 bits per heavy atom. The number of aromatic amines is 1. The molecule has 2 bridgehead atoms. The van der Waals surface area contributed by atoms with Gasteiger partial charge in [-0.2, -0.15) is 5.26 Å². The molecule has 0 radical (unpaired) electrons. The number of nitriles is 1. The summed E-state index contributed by atoms with van der Waals surface area (Å²) in [5, 5.41) is 16.5. The molecule has 2 unspecified atom stereocenters. The SMILES string of the molecule is CNc1cc(F)c(F)c2c1[nH]c1ncc(-c3cncc(C#N)c3)c(N3CC4CC(C3)N4)c12. The highest BCUT2D eigenvalue weighted by molar-refractivity contribution is 6.18. The minimum atomic E-state index is -0.921. The summed E-state index contributed by atoms with van der Waals surface area (Å²) in [6.45, 7) is 1.49. The summed E-state index contributed by atoms with van der Waals surface area (Å²) in [6, 6.07) is 5.71. The van der Waals surface area contributed by atoms with Crippen LogP contribution in [0.25, 0.3) is 33.1 Å². The molecule has 32 heavy (non-hydrogen) atoms. The molecular formula is C23H19F2N7. The first-order chi connectivity index (χ1) is 15.6. The molecule has 3 aliphatic rings. The number of halogens is 2. The standard InChI is InChI=1S/C23H19F2N7/c1-27-17-4-16(24)20(25)18-19-22(32-9-13-3-14(10-32)30-13)15(8-29-23(19)31-21(17)18)12-2-11(5-26)6-28-7-12/h2,4,6-8,13-14,27,30H,3,9-10H2,1H3,(H,29,31). The predicted octanol–water partition coefficient (Wildman–Crippen LogP) is 3.52. The van der Waals surface area contributed by atoms with Gasteiger partial charge >= 0.3 is 0 Å². The second kappa shape index (κ2) is 6.87. The Bertz CT molecular complexity index is 1420. The number of rotatable bonds is 3. The lowest BCUT2D eigenvalue weighted by Crippen LogP contribution is -2.67. The number of hydrogen-bond donors (Lipinski definition) is 3. The van der Waals surface area contributed by atoms with Crippen LogP contribution in [0, 0.1) is 23.0 Å². The summed E-state index contributed by atoms with van der Waals surface area (Å²) in [5.74, 6) is -1.83. The lowest BCUT2D eigenvalue weighted by Gasteiger charge is -2.49. The number of nitrogens with one attached hydrogen (secondary N) is 3. The lowest BCUT2D eigenvalue weighted by molar-refractivity contribution is 0.226. The monoisotopic (exact) mass is 431 g/mol. The van der Waals surface area contributed by atoms with E-state index < -0.39 is 11.6 Å². The van der Waals surface area contributed by atoms with Gasteiger partial charge < -0.3 is 20.5 Å². The van der Waals surface area contributed by atoms with Crippen molar-refractivity contribution in [2.45, 2.75) is 18.5 Å². The van der Waals surface area contributed by atoms with E-state index in [9.17, 15) is 9.65 Å². The van der Waals surface area contributed by atoms with E-state index >= 15 is 4.39 Å². The fourth-order valence-electron chi connectivity index (χ4n) is 5.02. The molecule has 3 aromatic heterocycles. The van der Waals surface area contributed by atoms with Crippen LogP contribution in [0.2, 0.25) is 0 Å². The predicted molar refractivity (Wildman–Crippen MR) is 119 cm³/mol. The Morgan fingerprint density at radius 2 is 1.94 bits per heavy atom. The van der Waals surface area contributed by atoms with Gasteiger partial charge in [-0.05, 0) is 12.5 Å². The van der Waals surface area contributed by atoms with E-state index in [2.05, 4.69) is 36.6 Å². The summed E-state index contributed by atoms with van der Waals surface area (Å²) in [4.78, 5) is 14.1. The average molecular weight is 431 g/mol. The van der Waals surface area contributed by atoms with Crippen molar-refractivity contribution in [1.29, 1.82) is 5.26 Å². The van der Waals surface area contributed by atoms with Crippen LogP contribution in [0.4, 0.5) is 20.2 Å². The van der Waals surface area contributed by atoms with Crippen molar-refractivity contribution in [2.24, 2.45) is 0 Å². The number of fused-ring (bicyclic) bond motifs is 5. The van der Waals surface area contributed by atoms with Crippen molar-refractivity contribution in [3.63, 3.8) is 0 Å². The Hall–Kier alpha value is -3.77. The van der Waals surface area contributed by atoms with Crippen LogP contribution in [-0.4, -0.2) is 47.2 Å². The third kappa shape index (κ3) is 2.66. The maximum absolute atomic E-state index is 15.2. The summed E-state index contributed by atoms with van der Waals surface area (Å²) < 4.78 is 29.8. The average Bonchev–Trinajstić information content (AvgIpc) is 3.20. The number of pyridine rings is 2. The normalized spacial score (nSPS) is 19.8. The van der Waals surface area contributed by atoms with Gasteiger partial charge in [-0.3, -0.25) is 4.98 Å². The van der Waals surface area contributed by atoms with Gasteiger partial charge in [-0.25, -0.2) is 13.8 Å². The van der Waals surface area contributed by atoms with Crippen molar-refractivity contribution in [3.8, 4) is 17.2 Å². The van der Waals surface area contributed by atoms with E-state index in [4.69, 9.17) is 0 Å². The number of piperidine rings is 1. The molecule has 0 aliphatic carbocycles. The molecule has 3 aliphatic heterocycles. The number of H-pyrrole nitrogens is 1. The summed E-state index contributed by atoms with van der Waals surface area (Å²) in [6.07, 6.45) is 5.98. The van der Waals surface area contributed by atoms with Gasteiger partial charge in [0.05, 0.1) is 33.2 Å². The highest BCUT2D eigenvalue weighted by Gasteiger charge is 2.38. The van der Waals surface area contributed by atoms with Gasteiger partial charge in [0.1, 0.15) is 11.7 Å². The van der Waals surface area contributed by atoms with E-state index in [0.29, 0.717) is 45.4 Å². The molecule has 7 nitrogen and oxygen atoms in total. The Kier molecular flexibility index (Phi) is 4.07. The zero-order valence-electron chi connectivity index (χ0n) is 17.2. The molecule has 160 valence electrons. The maximum atomic E-state index is 15.2. The molecule has 0 spiro atoms. The van der Waals surface area contributed by atoms with Crippen molar-refractivity contribution in [1.82, 2.24) is 20.3 Å². The van der Waals surface area contributed by atoms with E-state index in [-0.39, 0.29) is 5.39 Å². The van der Waals surface area contributed by atoms with Crippen LogP contribution in [0.15, 0.2) is 30.7 Å². The number of hydrogen-bond acceptors (Lipinski definition) is 6. The highest BCUT2D eigenvalue weighted by Crippen LogP contribution is 2.44. The molecule has 0 saturated carbocycles. The largest absolute Gasteiger partial charge is 0.386 e. The van der Waals surface area contributed by atoms with Crippen molar-refractivity contribution in [3.05, 3.63) is 47.9 Å². The quantitative estimate of drug-likeness (QED) is 0.460. The maximum Gasteiger partial charge on any atom is 0.169 e. The van der Waals surface area contributed by atoms with E-state index in [1.54, 1.807) is 25.5 Å². The molecule has 7 rings (SSSR count). The summed E-state index contributed by atoms with van der Waals surface area (Å²) >= 11 is 0. The molecule has 0 amide bonds. The molecule has 9 heteroatoms. The Labute approximate surface area is 182 Å². The van der Waals surface area contributed by atoms with E-state index in [1.807, 2.05) is 0 Å². The summed E-state index contributed by atoms with van der Waals surface area (Å²) in [7, 11) is 1.67. The second-order valence-corrected chi connectivity index (χ2v) is 8.36. The smallest absolute Gasteiger partial charge is 0.169 e. The minimum Gasteiger partial charge on any atom is -0.386 e. The molecule has 3 fully saturated rings. The van der Waals surface area contributed by atoms with Gasteiger partial charge in [-0.1, -0.05) is 0 Å². The third-order valence-corrected chi connectivity index (χ3v) is 6.45. The molecule has 3 saturated heterocycles. The van der Waals surface area contributed by atoms with Crippen LogP contribution in [0.3, 0.4) is 0 Å². The van der Waals surface area contributed by atoms with Crippen LogP contribution in [0.1, 0.15) is 12.0 Å². The van der Waals surface area contributed by atoms with E-state index in [0.717, 1.165) is 36.8 Å². The van der Waals surface area contributed by atoms with E-state index in [1.165, 1.54) is 6.20 Å². The molecular weight excluding hydrogens is 412 g/mol. The van der Waals surface area contributed by atoms with Gasteiger partial charge in [0.15, 0.2) is 11.6 Å². The van der Waals surface area contributed by atoms with Crippen molar-refractivity contribution >= 4 is 33.3 Å². The van der Waals surface area contributed by atoms with Gasteiger partial charge in [0.2, 0.25) is 0 Å². The second-order valence-electron chi connectivity index (χ2n) is 8.36. The number of nitrogens with zero attached hydrogens (tertiary/aromatic N) is 4. The molecule has 6 heterocycles. The first-order valence-corrected chi connectivity index (χ1v) is 10.4. The van der Waals surface area contributed by atoms with Crippen LogP contribution in [-0.2, 0) is 0 Å². The zero-order valence-corrected chi connectivity index (χ0v) is 17.2. The number of piperazine rings is 1. The van der Waals surface area contributed by atoms with Gasteiger partial charge in [0, 0.05) is 68.0 Å². The first-order valence-electron chi connectivity index (χ1n) is 10.4. The van der Waals surface area contributed by atoms with Crippen LogP contribution in [0.5, 0.6) is 0 Å². The van der Waals surface area contributed by atoms with Crippen molar-refractivity contribution in [2.75, 3.05) is 30.4 Å². The minimum absolute atomic E-state index is 0.172. The lowest BCUT2D eigenvalue weighted by atomic mass is 9.89. The molecule has 3 N–H and O–H groups in total. The topological polar surface area (TPSA) is 92.7 Å². The Morgan fingerprint density at radius 1 is 1.16 bits per heavy atom. The fourth-order valence-corrected chi connectivity index (χ4v) is 5.02. The number of aromatic nitrogens is 3. The molecule has 2 atom stereocenters.